The molecule has 0 bridgehead atoms. The molecule has 1 saturated heterocycles. The summed E-state index contributed by atoms with van der Waals surface area (Å²) in [6, 6.07) is 15.7. The van der Waals surface area contributed by atoms with E-state index in [-0.39, 0.29) is 34.3 Å². The minimum Gasteiger partial charge on any atom is -0.507 e. The third-order valence-corrected chi connectivity index (χ3v) is 9.25. The average molecular weight is 594 g/mol. The largest absolute Gasteiger partial charge is 0.507 e. The number of para-hydroxylation sites is 1. The number of phenolic OH excluding ortho intramolecular Hbond substituents is 1. The van der Waals surface area contributed by atoms with E-state index >= 15 is 0 Å². The number of aromatic hydroxyl groups is 1. The molecule has 3 heterocycles. The van der Waals surface area contributed by atoms with Crippen molar-refractivity contribution in [3.8, 4) is 11.5 Å². The SMILES string of the molecule is O=C1C(=Cc2cn(S(=O)(=O)c3ccc(Cl)cc3)c3ccccc23)Oc2c1ccc(O)c2CN1CCN(C(=O)O)CC1. The van der Waals surface area contributed by atoms with Gasteiger partial charge in [0, 0.05) is 54.9 Å². The van der Waals surface area contributed by atoms with Gasteiger partial charge in [0.1, 0.15) is 11.5 Å². The van der Waals surface area contributed by atoms with Crippen molar-refractivity contribution in [2.45, 2.75) is 11.4 Å². The van der Waals surface area contributed by atoms with Crippen LogP contribution in [0.2, 0.25) is 5.02 Å². The first-order chi connectivity index (χ1) is 19.6. The maximum atomic E-state index is 13.5. The van der Waals surface area contributed by atoms with E-state index in [0.717, 1.165) is 0 Å². The number of Topliss-reactive ketones (excluding diaryl/α,β-unsaturated/α-hetero) is 1. The Labute approximate surface area is 240 Å². The molecule has 2 aliphatic rings. The van der Waals surface area contributed by atoms with Crippen LogP contribution >= 0.6 is 11.6 Å². The number of hydrogen-bond donors (Lipinski definition) is 2. The van der Waals surface area contributed by atoms with E-state index in [0.29, 0.717) is 53.2 Å². The highest BCUT2D eigenvalue weighted by atomic mass is 35.5. The highest BCUT2D eigenvalue weighted by molar-refractivity contribution is 7.90. The van der Waals surface area contributed by atoms with Crippen LogP contribution in [0.4, 0.5) is 4.79 Å². The van der Waals surface area contributed by atoms with Gasteiger partial charge in [0.2, 0.25) is 5.78 Å². The Morgan fingerprint density at radius 1 is 1.00 bits per heavy atom. The Morgan fingerprint density at radius 2 is 1.71 bits per heavy atom. The number of benzene rings is 3. The fourth-order valence-electron chi connectivity index (χ4n) is 5.12. The van der Waals surface area contributed by atoms with E-state index in [2.05, 4.69) is 0 Å². The van der Waals surface area contributed by atoms with Crippen LogP contribution in [0.25, 0.3) is 17.0 Å². The number of piperazine rings is 1. The maximum Gasteiger partial charge on any atom is 0.407 e. The van der Waals surface area contributed by atoms with Crippen molar-refractivity contribution < 1.29 is 33.0 Å². The molecule has 0 aliphatic carbocycles. The van der Waals surface area contributed by atoms with Gasteiger partial charge in [0.15, 0.2) is 5.76 Å². The summed E-state index contributed by atoms with van der Waals surface area (Å²) in [5.74, 6) is -0.202. The Bertz CT molecular complexity index is 1840. The number of nitrogens with zero attached hydrogens (tertiary/aromatic N) is 3. The van der Waals surface area contributed by atoms with Gasteiger partial charge in [-0.05, 0) is 48.5 Å². The number of allylic oxidation sites excluding steroid dienone is 1. The number of ketones is 1. The Morgan fingerprint density at radius 3 is 2.41 bits per heavy atom. The van der Waals surface area contributed by atoms with E-state index in [9.17, 15) is 28.2 Å². The van der Waals surface area contributed by atoms with Gasteiger partial charge in [-0.1, -0.05) is 29.8 Å². The van der Waals surface area contributed by atoms with Crippen molar-refractivity contribution in [1.82, 2.24) is 13.8 Å². The Balaban J connectivity index is 1.34. The number of hydrogen-bond acceptors (Lipinski definition) is 7. The first kappa shape index (κ1) is 26.9. The Hall–Kier alpha value is -4.32. The van der Waals surface area contributed by atoms with Crippen molar-refractivity contribution in [3.05, 3.63) is 94.3 Å². The molecule has 4 aromatic rings. The van der Waals surface area contributed by atoms with Crippen molar-refractivity contribution in [1.29, 1.82) is 0 Å². The summed E-state index contributed by atoms with van der Waals surface area (Å²) >= 11 is 5.95. The normalized spacial score (nSPS) is 16.8. The number of halogens is 1. The van der Waals surface area contributed by atoms with Crippen molar-refractivity contribution in [3.63, 3.8) is 0 Å². The standard InChI is InChI=1S/C29H24ClN3O7S/c30-19-5-7-20(8-6-19)41(38,39)33-16-18(21-3-1-2-4-24(21)33)15-26-27(35)22-9-10-25(34)23(28(22)40-26)17-31-11-13-32(14-12-31)29(36)37/h1-10,15-16,34H,11-14,17H2,(H,36,37). The second-order valence-corrected chi connectivity index (χ2v) is 12.0. The fourth-order valence-corrected chi connectivity index (χ4v) is 6.62. The lowest BCUT2D eigenvalue weighted by Gasteiger charge is -2.33. The smallest absolute Gasteiger partial charge is 0.407 e. The summed E-state index contributed by atoms with van der Waals surface area (Å²) in [5, 5.41) is 20.9. The molecule has 2 N–H and O–H groups in total. The summed E-state index contributed by atoms with van der Waals surface area (Å²) in [4.78, 5) is 28.0. The van der Waals surface area contributed by atoms with Gasteiger partial charge in [0.25, 0.3) is 10.0 Å². The van der Waals surface area contributed by atoms with Crippen LogP contribution in [-0.2, 0) is 16.6 Å². The number of ether oxygens (including phenoxy) is 1. The molecule has 210 valence electrons. The molecule has 41 heavy (non-hydrogen) atoms. The molecule has 3 aromatic carbocycles. The molecule has 2 aliphatic heterocycles. The van der Waals surface area contributed by atoms with E-state index in [1.165, 1.54) is 57.5 Å². The zero-order chi connectivity index (χ0) is 28.9. The third kappa shape index (κ3) is 4.82. The summed E-state index contributed by atoms with van der Waals surface area (Å²) in [6.45, 7) is 1.86. The van der Waals surface area contributed by atoms with E-state index in [4.69, 9.17) is 16.3 Å². The highest BCUT2D eigenvalue weighted by Gasteiger charge is 2.33. The van der Waals surface area contributed by atoms with Crippen LogP contribution in [0.1, 0.15) is 21.5 Å². The first-order valence-electron chi connectivity index (χ1n) is 12.7. The van der Waals surface area contributed by atoms with Crippen LogP contribution in [0.15, 0.2) is 77.5 Å². The van der Waals surface area contributed by atoms with Crippen LogP contribution in [0.5, 0.6) is 11.5 Å². The van der Waals surface area contributed by atoms with Gasteiger partial charge >= 0.3 is 6.09 Å². The molecule has 1 fully saturated rings. The van der Waals surface area contributed by atoms with Crippen LogP contribution in [0.3, 0.4) is 0 Å². The molecule has 0 radical (unpaired) electrons. The predicted octanol–water partition coefficient (Wildman–Crippen LogP) is 4.65. The van der Waals surface area contributed by atoms with Crippen molar-refractivity contribution >= 4 is 50.5 Å². The number of carboxylic acid groups (broad SMARTS) is 1. The second-order valence-electron chi connectivity index (χ2n) is 9.78. The fraction of sp³-hybridized carbons (Fsp3) is 0.172. The zero-order valence-electron chi connectivity index (χ0n) is 21.5. The molecule has 1 amide bonds. The lowest BCUT2D eigenvalue weighted by atomic mass is 10.0. The first-order valence-corrected chi connectivity index (χ1v) is 14.6. The quantitative estimate of drug-likeness (QED) is 0.320. The van der Waals surface area contributed by atoms with Gasteiger partial charge in [-0.2, -0.15) is 0 Å². The van der Waals surface area contributed by atoms with Gasteiger partial charge in [-0.15, -0.1) is 0 Å². The molecule has 6 rings (SSSR count). The number of aromatic nitrogens is 1. The molecule has 0 atom stereocenters. The number of fused-ring (bicyclic) bond motifs is 2. The number of carbonyl (C=O) groups excluding carboxylic acids is 1. The predicted molar refractivity (Wildman–Crippen MR) is 152 cm³/mol. The summed E-state index contributed by atoms with van der Waals surface area (Å²) in [5.41, 5.74) is 1.60. The minimum absolute atomic E-state index is 0.00524. The van der Waals surface area contributed by atoms with Crippen LogP contribution < -0.4 is 4.74 Å². The zero-order valence-corrected chi connectivity index (χ0v) is 23.1. The topological polar surface area (TPSA) is 129 Å². The lowest BCUT2D eigenvalue weighted by Crippen LogP contribution is -2.47. The minimum atomic E-state index is -3.98. The van der Waals surface area contributed by atoms with Gasteiger partial charge < -0.3 is 19.8 Å². The van der Waals surface area contributed by atoms with Gasteiger partial charge in [-0.25, -0.2) is 17.2 Å². The van der Waals surface area contributed by atoms with Gasteiger partial charge in [0.05, 0.1) is 21.5 Å². The molecule has 0 saturated carbocycles. The Kier molecular flexibility index (Phi) is 6.72. The van der Waals surface area contributed by atoms with Crippen LogP contribution in [-0.4, -0.2) is 70.5 Å². The maximum absolute atomic E-state index is 13.5. The van der Waals surface area contributed by atoms with E-state index in [1.807, 2.05) is 4.90 Å². The summed E-state index contributed by atoms with van der Waals surface area (Å²) in [7, 11) is -3.98. The molecule has 1 aromatic heterocycles. The highest BCUT2D eigenvalue weighted by Crippen LogP contribution is 2.41. The molecule has 12 heteroatoms. The van der Waals surface area contributed by atoms with Gasteiger partial charge in [-0.3, -0.25) is 9.69 Å². The average Bonchev–Trinajstić information content (AvgIpc) is 3.49. The monoisotopic (exact) mass is 593 g/mol. The molecule has 10 nitrogen and oxygen atoms in total. The third-order valence-electron chi connectivity index (χ3n) is 7.31. The van der Waals surface area contributed by atoms with Crippen molar-refractivity contribution in [2.75, 3.05) is 26.2 Å². The molecular formula is C29H24ClN3O7S. The van der Waals surface area contributed by atoms with Crippen molar-refractivity contribution in [2.24, 2.45) is 0 Å². The lowest BCUT2D eigenvalue weighted by molar-refractivity contribution is 0.101. The van der Waals surface area contributed by atoms with E-state index in [1.54, 1.807) is 24.3 Å². The summed E-state index contributed by atoms with van der Waals surface area (Å²) < 4.78 is 34.2. The number of phenols is 1. The summed E-state index contributed by atoms with van der Waals surface area (Å²) in [6.07, 6.45) is 1.98. The number of rotatable bonds is 5. The number of carbonyl (C=O) groups is 2. The molecule has 0 spiro atoms. The van der Waals surface area contributed by atoms with E-state index < -0.39 is 21.9 Å². The van der Waals surface area contributed by atoms with Crippen LogP contribution in [0, 0.1) is 0 Å². The number of amides is 1. The second kappa shape index (κ2) is 10.3. The molecule has 0 unspecified atom stereocenters. The molecular weight excluding hydrogens is 570 g/mol.